The average molecular weight is 260 g/mol. The third-order valence-corrected chi connectivity index (χ3v) is 2.12. The van der Waals surface area contributed by atoms with Gasteiger partial charge in [-0.05, 0) is 24.1 Å². The van der Waals surface area contributed by atoms with Crippen molar-refractivity contribution in [1.29, 1.82) is 0 Å². The molecule has 0 aliphatic rings. The van der Waals surface area contributed by atoms with Crippen LogP contribution in [0.1, 0.15) is 12.5 Å². The van der Waals surface area contributed by atoms with E-state index >= 15 is 0 Å². The molecule has 0 bridgehead atoms. The number of carbonyl (C=O) groups excluding carboxylic acids is 1. The van der Waals surface area contributed by atoms with Crippen molar-refractivity contribution in [2.75, 3.05) is 10.6 Å². The molecule has 4 heteroatoms. The first kappa shape index (κ1) is 11.2. The number of amides is 1. The quantitative estimate of drug-likeness (QED) is 0.832. The van der Waals surface area contributed by atoms with E-state index in [4.69, 9.17) is 0 Å². The molecule has 0 saturated carbocycles. The predicted molar refractivity (Wildman–Crippen MR) is 58.2 cm³/mol. The first-order valence-electron chi connectivity index (χ1n) is 4.25. The molecule has 76 valence electrons. The van der Waals surface area contributed by atoms with Crippen LogP contribution in [0.4, 0.5) is 10.1 Å². The Morgan fingerprint density at radius 1 is 1.57 bits per heavy atom. The number of nitrogens with one attached hydrogen (secondary N) is 1. The summed E-state index contributed by atoms with van der Waals surface area (Å²) in [6.45, 7) is 1.35. The lowest BCUT2D eigenvalue weighted by molar-refractivity contribution is -0.114. The fourth-order valence-corrected chi connectivity index (χ4v) is 1.57. The Balaban J connectivity index is 2.84. The maximum atomic E-state index is 13.3. The molecule has 0 heterocycles. The molecule has 0 spiro atoms. The van der Waals surface area contributed by atoms with E-state index in [2.05, 4.69) is 21.2 Å². The van der Waals surface area contributed by atoms with Gasteiger partial charge in [0.15, 0.2) is 0 Å². The lowest BCUT2D eigenvalue weighted by Gasteiger charge is -2.05. The van der Waals surface area contributed by atoms with Crippen LogP contribution in [0, 0.1) is 5.82 Å². The molecule has 0 atom stereocenters. The first-order valence-corrected chi connectivity index (χ1v) is 5.37. The van der Waals surface area contributed by atoms with Gasteiger partial charge in [-0.2, -0.15) is 0 Å². The van der Waals surface area contributed by atoms with Crippen LogP contribution < -0.4 is 5.32 Å². The number of anilines is 1. The van der Waals surface area contributed by atoms with Crippen molar-refractivity contribution in [2.45, 2.75) is 13.3 Å². The first-order chi connectivity index (χ1) is 6.63. The second kappa shape index (κ2) is 5.10. The van der Waals surface area contributed by atoms with E-state index in [0.29, 0.717) is 0 Å². The van der Waals surface area contributed by atoms with Crippen molar-refractivity contribution < 1.29 is 9.18 Å². The fourth-order valence-electron chi connectivity index (χ4n) is 1.11. The normalized spacial score (nSPS) is 9.93. The summed E-state index contributed by atoms with van der Waals surface area (Å²) in [5, 5.41) is 3.21. The zero-order valence-corrected chi connectivity index (χ0v) is 9.40. The Kier molecular flexibility index (Phi) is 4.07. The molecule has 0 unspecified atom stereocenters. The number of halogens is 2. The molecule has 1 N–H and O–H groups in total. The van der Waals surface area contributed by atoms with Crippen LogP contribution in [0.15, 0.2) is 18.2 Å². The van der Waals surface area contributed by atoms with Gasteiger partial charge in [-0.25, -0.2) is 4.39 Å². The smallest absolute Gasteiger partial charge is 0.221 e. The van der Waals surface area contributed by atoms with Crippen LogP contribution in [0.3, 0.4) is 0 Å². The van der Waals surface area contributed by atoms with Crippen molar-refractivity contribution in [1.82, 2.24) is 0 Å². The highest BCUT2D eigenvalue weighted by atomic mass is 79.9. The molecule has 1 aromatic carbocycles. The van der Waals surface area contributed by atoms with Crippen molar-refractivity contribution in [3.63, 3.8) is 0 Å². The topological polar surface area (TPSA) is 29.1 Å². The minimum absolute atomic E-state index is 0.232. The van der Waals surface area contributed by atoms with Gasteiger partial charge >= 0.3 is 0 Å². The Bertz CT molecular complexity index is 341. The highest BCUT2D eigenvalue weighted by Crippen LogP contribution is 2.16. The van der Waals surface area contributed by atoms with E-state index in [1.165, 1.54) is 13.0 Å². The van der Waals surface area contributed by atoms with Crippen molar-refractivity contribution >= 4 is 27.5 Å². The number of benzene rings is 1. The van der Waals surface area contributed by atoms with E-state index in [1.54, 1.807) is 12.1 Å². The summed E-state index contributed by atoms with van der Waals surface area (Å²) in [6.07, 6.45) is 0.775. The Labute approximate surface area is 90.6 Å². The van der Waals surface area contributed by atoms with Gasteiger partial charge in [0.1, 0.15) is 5.82 Å². The van der Waals surface area contributed by atoms with Crippen LogP contribution in [-0.2, 0) is 11.2 Å². The Morgan fingerprint density at radius 2 is 2.29 bits per heavy atom. The monoisotopic (exact) mass is 259 g/mol. The standard InChI is InChI=1S/C10H11BrFNO/c1-7(14)13-10-3-2-8(4-5-11)6-9(10)12/h2-3,6H,4-5H2,1H3,(H,13,14). The van der Waals surface area contributed by atoms with Crippen LogP contribution in [0.5, 0.6) is 0 Å². The molecule has 0 aliphatic carbocycles. The second-order valence-corrected chi connectivity index (χ2v) is 3.73. The van der Waals surface area contributed by atoms with Gasteiger partial charge in [0.05, 0.1) is 5.69 Å². The summed E-state index contributed by atoms with van der Waals surface area (Å²) in [4.78, 5) is 10.7. The van der Waals surface area contributed by atoms with E-state index in [1.807, 2.05) is 0 Å². The van der Waals surface area contributed by atoms with Crippen LogP contribution >= 0.6 is 15.9 Å². The Morgan fingerprint density at radius 3 is 2.79 bits per heavy atom. The summed E-state index contributed by atoms with van der Waals surface area (Å²) in [6, 6.07) is 4.82. The van der Waals surface area contributed by atoms with E-state index in [9.17, 15) is 9.18 Å². The minimum Gasteiger partial charge on any atom is -0.324 e. The SMILES string of the molecule is CC(=O)Nc1ccc(CCBr)cc1F. The summed E-state index contributed by atoms with van der Waals surface area (Å²) in [5.74, 6) is -0.657. The third kappa shape index (κ3) is 3.10. The van der Waals surface area contributed by atoms with Gasteiger partial charge in [0, 0.05) is 12.3 Å². The maximum absolute atomic E-state index is 13.3. The summed E-state index contributed by atoms with van der Waals surface area (Å²) in [7, 11) is 0. The minimum atomic E-state index is -0.390. The molecule has 1 rings (SSSR count). The van der Waals surface area contributed by atoms with Gasteiger partial charge < -0.3 is 5.32 Å². The lowest BCUT2D eigenvalue weighted by atomic mass is 10.1. The van der Waals surface area contributed by atoms with Gasteiger partial charge in [-0.15, -0.1) is 0 Å². The number of hydrogen-bond donors (Lipinski definition) is 1. The van der Waals surface area contributed by atoms with Crippen LogP contribution in [0.2, 0.25) is 0 Å². The van der Waals surface area contributed by atoms with E-state index < -0.39 is 5.82 Å². The third-order valence-electron chi connectivity index (χ3n) is 1.73. The summed E-state index contributed by atoms with van der Waals surface area (Å²) in [5.41, 5.74) is 1.14. The average Bonchev–Trinajstić information content (AvgIpc) is 2.10. The highest BCUT2D eigenvalue weighted by Gasteiger charge is 2.04. The molecule has 14 heavy (non-hydrogen) atoms. The van der Waals surface area contributed by atoms with Gasteiger partial charge in [-0.1, -0.05) is 22.0 Å². The molecular weight excluding hydrogens is 249 g/mol. The van der Waals surface area contributed by atoms with Crippen LogP contribution in [0.25, 0.3) is 0 Å². The molecule has 0 aromatic heterocycles. The largest absolute Gasteiger partial charge is 0.324 e. The number of aryl methyl sites for hydroxylation is 1. The zero-order valence-electron chi connectivity index (χ0n) is 7.81. The van der Waals surface area contributed by atoms with E-state index in [0.717, 1.165) is 17.3 Å². The van der Waals surface area contributed by atoms with Gasteiger partial charge in [0.2, 0.25) is 5.91 Å². The van der Waals surface area contributed by atoms with Gasteiger partial charge in [0.25, 0.3) is 0 Å². The number of carbonyl (C=O) groups is 1. The summed E-state index contributed by atoms with van der Waals surface area (Å²) >= 11 is 3.28. The molecule has 2 nitrogen and oxygen atoms in total. The molecule has 0 fully saturated rings. The molecular formula is C10H11BrFNO. The fraction of sp³-hybridized carbons (Fsp3) is 0.300. The maximum Gasteiger partial charge on any atom is 0.221 e. The molecule has 0 saturated heterocycles. The molecule has 1 aromatic rings. The molecule has 1 amide bonds. The van der Waals surface area contributed by atoms with Crippen molar-refractivity contribution in [3.8, 4) is 0 Å². The predicted octanol–water partition coefficient (Wildman–Crippen LogP) is 2.72. The lowest BCUT2D eigenvalue weighted by Crippen LogP contribution is -2.07. The van der Waals surface area contributed by atoms with Crippen LogP contribution in [-0.4, -0.2) is 11.2 Å². The molecule has 0 aliphatic heterocycles. The van der Waals surface area contributed by atoms with Crippen molar-refractivity contribution in [3.05, 3.63) is 29.6 Å². The summed E-state index contributed by atoms with van der Waals surface area (Å²) < 4.78 is 13.3. The zero-order chi connectivity index (χ0) is 10.6. The number of rotatable bonds is 3. The Hall–Kier alpha value is -0.900. The van der Waals surface area contributed by atoms with E-state index in [-0.39, 0.29) is 11.6 Å². The number of hydrogen-bond acceptors (Lipinski definition) is 1. The molecule has 0 radical (unpaired) electrons. The highest BCUT2D eigenvalue weighted by molar-refractivity contribution is 9.09. The van der Waals surface area contributed by atoms with Gasteiger partial charge in [-0.3, -0.25) is 4.79 Å². The second-order valence-electron chi connectivity index (χ2n) is 2.93. The number of alkyl halides is 1. The van der Waals surface area contributed by atoms with Crippen molar-refractivity contribution in [2.24, 2.45) is 0 Å².